The van der Waals surface area contributed by atoms with Crippen LogP contribution in [-0.4, -0.2) is 46.3 Å². The van der Waals surface area contributed by atoms with E-state index in [1.165, 1.54) is 55.8 Å². The highest BCUT2D eigenvalue weighted by Gasteiger charge is 2.27. The molecule has 185 valence electrons. The van der Waals surface area contributed by atoms with Crippen LogP contribution in [0.2, 0.25) is 16.9 Å². The minimum absolute atomic E-state index is 0.0847. The van der Waals surface area contributed by atoms with Crippen LogP contribution in [-0.2, 0) is 11.8 Å². The molecule has 0 spiro atoms. The van der Waals surface area contributed by atoms with Crippen molar-refractivity contribution in [3.8, 4) is 5.75 Å². The van der Waals surface area contributed by atoms with E-state index in [1.54, 1.807) is 0 Å². The third-order valence-electron chi connectivity index (χ3n) is 4.98. The van der Waals surface area contributed by atoms with Gasteiger partial charge < -0.3 is 29.2 Å². The minimum Gasteiger partial charge on any atom is -0.482 e. The summed E-state index contributed by atoms with van der Waals surface area (Å²) in [5.41, 5.74) is 0.00584. The van der Waals surface area contributed by atoms with Crippen LogP contribution in [0.1, 0.15) is 29.1 Å². The van der Waals surface area contributed by atoms with Crippen LogP contribution in [0.4, 0.5) is 15.9 Å². The molecule has 2 heterocycles. The predicted molar refractivity (Wildman–Crippen MR) is 136 cm³/mol. The van der Waals surface area contributed by atoms with E-state index in [1.807, 2.05) is 0 Å². The first kappa shape index (κ1) is 27.2. The standard InChI is InChI=1S/C21H19B2Cl2FN5O5/c1-11(18-13(24)5-6-14(26)19(18)25)36-16-8-15(28-29-20(16)31(22-10-32)23(2)35)21(34)27-12-4-7-17(33)30(3)9-12/h4-11,35H,1-3H3,(H,27,34). The average molecular weight is 533 g/mol. The third kappa shape index (κ3) is 6.04. The van der Waals surface area contributed by atoms with Crippen molar-refractivity contribution in [2.45, 2.75) is 19.9 Å². The monoisotopic (exact) mass is 532 g/mol. The molecule has 0 aliphatic rings. The van der Waals surface area contributed by atoms with E-state index < -0.39 is 24.9 Å². The first-order valence-corrected chi connectivity index (χ1v) is 11.2. The van der Waals surface area contributed by atoms with Crippen molar-refractivity contribution in [1.82, 2.24) is 14.8 Å². The SMILES string of the molecule is CB(O)N([B]C=O)c1nnc(C(=O)Nc2ccc(=O)n(C)c2)cc1OC(C)c1c(Cl)ccc(F)c1Cl. The lowest BCUT2D eigenvalue weighted by atomic mass is 9.73. The average Bonchev–Trinajstić information content (AvgIpc) is 2.82. The summed E-state index contributed by atoms with van der Waals surface area (Å²) >= 11 is 12.3. The van der Waals surface area contributed by atoms with Gasteiger partial charge in [0.2, 0.25) is 5.56 Å². The molecule has 0 aliphatic heterocycles. The molecule has 1 radical (unpaired) electrons. The van der Waals surface area contributed by atoms with Crippen LogP contribution in [0.3, 0.4) is 0 Å². The van der Waals surface area contributed by atoms with Crippen LogP contribution in [0.5, 0.6) is 5.75 Å². The number of carbonyl (C=O) groups excluding carboxylic acids is 2. The highest BCUT2D eigenvalue weighted by Crippen LogP contribution is 2.37. The zero-order chi connectivity index (χ0) is 26.6. The molecular weight excluding hydrogens is 514 g/mol. The number of aryl methyl sites for hydroxylation is 1. The smallest absolute Gasteiger partial charge is 0.397 e. The van der Waals surface area contributed by atoms with Gasteiger partial charge in [-0.25, -0.2) is 4.39 Å². The molecule has 1 atom stereocenters. The van der Waals surface area contributed by atoms with E-state index in [4.69, 9.17) is 27.9 Å². The number of pyridine rings is 1. The molecule has 0 fully saturated rings. The van der Waals surface area contributed by atoms with E-state index >= 15 is 0 Å². The first-order valence-electron chi connectivity index (χ1n) is 10.4. The normalized spacial score (nSPS) is 11.4. The Morgan fingerprint density at radius 1 is 1.33 bits per heavy atom. The van der Waals surface area contributed by atoms with Gasteiger partial charge in [0, 0.05) is 36.0 Å². The summed E-state index contributed by atoms with van der Waals surface area (Å²) in [5.74, 6) is -1.59. The molecule has 0 saturated carbocycles. The molecule has 2 N–H and O–H groups in total. The number of amides is 1. The van der Waals surface area contributed by atoms with Crippen molar-refractivity contribution in [2.75, 3.05) is 10.0 Å². The van der Waals surface area contributed by atoms with E-state index in [0.29, 0.717) is 11.9 Å². The fraction of sp³-hybridized carbons (Fsp3) is 0.190. The summed E-state index contributed by atoms with van der Waals surface area (Å²) in [7, 11) is 1.30. The summed E-state index contributed by atoms with van der Waals surface area (Å²) in [6.45, 7) is 2.91. The summed E-state index contributed by atoms with van der Waals surface area (Å²) in [4.78, 5) is 35.6. The van der Waals surface area contributed by atoms with Gasteiger partial charge in [-0.2, -0.15) is 0 Å². The van der Waals surface area contributed by atoms with Crippen molar-refractivity contribution in [3.05, 3.63) is 74.0 Å². The Balaban J connectivity index is 2.03. The Morgan fingerprint density at radius 2 is 2.06 bits per heavy atom. The third-order valence-corrected chi connectivity index (χ3v) is 5.69. The van der Waals surface area contributed by atoms with Gasteiger partial charge >= 0.3 is 14.5 Å². The van der Waals surface area contributed by atoms with E-state index in [2.05, 4.69) is 15.5 Å². The Morgan fingerprint density at radius 3 is 2.69 bits per heavy atom. The van der Waals surface area contributed by atoms with Crippen molar-refractivity contribution in [3.63, 3.8) is 0 Å². The lowest BCUT2D eigenvalue weighted by molar-refractivity contribution is 0.102. The molecule has 3 rings (SSSR count). The molecular formula is C21H19B2Cl2FN5O5. The molecule has 1 amide bonds. The molecule has 0 bridgehead atoms. The van der Waals surface area contributed by atoms with Crippen LogP contribution in [0, 0.1) is 5.82 Å². The van der Waals surface area contributed by atoms with Crippen LogP contribution in [0.15, 0.2) is 41.3 Å². The number of nitrogens with zero attached hydrogens (tertiary/aromatic N) is 4. The predicted octanol–water partition coefficient (Wildman–Crippen LogP) is 2.74. The van der Waals surface area contributed by atoms with Gasteiger partial charge in [-0.05, 0) is 31.9 Å². The van der Waals surface area contributed by atoms with Gasteiger partial charge in [0.1, 0.15) is 18.1 Å². The van der Waals surface area contributed by atoms with Gasteiger partial charge in [0.15, 0.2) is 17.3 Å². The highest BCUT2D eigenvalue weighted by molar-refractivity contribution is 6.82. The number of rotatable bonds is 9. The first-order chi connectivity index (χ1) is 17.0. The van der Waals surface area contributed by atoms with Gasteiger partial charge in [-0.3, -0.25) is 9.59 Å². The lowest BCUT2D eigenvalue weighted by Gasteiger charge is -2.26. The van der Waals surface area contributed by atoms with Gasteiger partial charge in [-0.15, -0.1) is 10.2 Å². The minimum atomic E-state index is -1.23. The quantitative estimate of drug-likeness (QED) is 0.245. The van der Waals surface area contributed by atoms with Gasteiger partial charge in [-0.1, -0.05) is 23.2 Å². The Hall–Kier alpha value is -3.41. The number of ether oxygens (including phenoxy) is 1. The second-order valence-electron chi connectivity index (χ2n) is 7.58. The van der Waals surface area contributed by atoms with E-state index in [9.17, 15) is 23.8 Å². The fourth-order valence-corrected chi connectivity index (χ4v) is 3.89. The van der Waals surface area contributed by atoms with Crippen LogP contribution >= 0.6 is 23.2 Å². The maximum atomic E-state index is 14.1. The molecule has 1 unspecified atom stereocenters. The summed E-state index contributed by atoms with van der Waals surface area (Å²) in [5, 5.41) is 20.4. The summed E-state index contributed by atoms with van der Waals surface area (Å²) < 4.78 is 22.4. The zero-order valence-corrected chi connectivity index (χ0v) is 20.8. The topological polar surface area (TPSA) is 127 Å². The van der Waals surface area contributed by atoms with Crippen molar-refractivity contribution >= 4 is 61.3 Å². The fourth-order valence-electron chi connectivity index (χ4n) is 3.21. The molecule has 10 nitrogen and oxygen atoms in total. The number of benzene rings is 1. The second-order valence-corrected chi connectivity index (χ2v) is 8.36. The highest BCUT2D eigenvalue weighted by atomic mass is 35.5. The maximum Gasteiger partial charge on any atom is 0.397 e. The molecule has 1 aromatic carbocycles. The molecule has 0 aliphatic carbocycles. The number of halogens is 3. The summed E-state index contributed by atoms with van der Waals surface area (Å²) in [6, 6.07) is 6.35. The molecule has 0 saturated heterocycles. The zero-order valence-electron chi connectivity index (χ0n) is 19.3. The number of aromatic nitrogens is 3. The maximum absolute atomic E-state index is 14.1. The van der Waals surface area contributed by atoms with Crippen molar-refractivity contribution < 1.29 is 23.7 Å². The van der Waals surface area contributed by atoms with Gasteiger partial charge in [0.25, 0.3) is 5.91 Å². The van der Waals surface area contributed by atoms with E-state index in [0.717, 1.165) is 18.2 Å². The second kappa shape index (κ2) is 11.5. The van der Waals surface area contributed by atoms with E-state index in [-0.39, 0.29) is 38.4 Å². The lowest BCUT2D eigenvalue weighted by Crippen LogP contribution is -2.42. The number of nitrogens with one attached hydrogen (secondary N) is 1. The largest absolute Gasteiger partial charge is 0.482 e. The molecule has 15 heteroatoms. The van der Waals surface area contributed by atoms with Gasteiger partial charge in [0.05, 0.1) is 10.7 Å². The Bertz CT molecular complexity index is 1360. The number of carbonyl (C=O) groups is 2. The molecule has 3 aromatic rings. The molecule has 36 heavy (non-hydrogen) atoms. The molecule has 2 aromatic heterocycles. The number of hydrogen-bond acceptors (Lipinski definition) is 8. The summed E-state index contributed by atoms with van der Waals surface area (Å²) in [6.07, 6.45) is 0.890. The van der Waals surface area contributed by atoms with Crippen molar-refractivity contribution in [2.24, 2.45) is 7.05 Å². The van der Waals surface area contributed by atoms with Crippen LogP contribution in [0.25, 0.3) is 0 Å². The number of hydrogen-bond donors (Lipinski definition) is 2. The Kier molecular flexibility index (Phi) is 8.72. The Labute approximate surface area is 216 Å². The van der Waals surface area contributed by atoms with Crippen molar-refractivity contribution in [1.29, 1.82) is 0 Å². The van der Waals surface area contributed by atoms with Crippen LogP contribution < -0.4 is 20.3 Å². The number of anilines is 2.